The number of aliphatic carboxylic acids is 1. The van der Waals surface area contributed by atoms with Crippen LogP contribution >= 0.6 is 0 Å². The molecule has 1 aliphatic heterocycles. The molecule has 0 saturated heterocycles. The highest BCUT2D eigenvalue weighted by molar-refractivity contribution is 5.70. The molecule has 0 bridgehead atoms. The quantitative estimate of drug-likeness (QED) is 0.755. The molecule has 130 valence electrons. The molecule has 0 amide bonds. The van der Waals surface area contributed by atoms with Gasteiger partial charge in [-0.2, -0.15) is 0 Å². The summed E-state index contributed by atoms with van der Waals surface area (Å²) in [5.41, 5.74) is 0.904. The molecule has 1 heterocycles. The lowest BCUT2D eigenvalue weighted by Gasteiger charge is -2.43. The van der Waals surface area contributed by atoms with E-state index in [1.165, 1.54) is 6.08 Å². The summed E-state index contributed by atoms with van der Waals surface area (Å²) in [4.78, 5) is 11.1. The summed E-state index contributed by atoms with van der Waals surface area (Å²) in [7, 11) is 0. The van der Waals surface area contributed by atoms with Crippen LogP contribution in [0.1, 0.15) is 32.1 Å². The average Bonchev–Trinajstić information content (AvgIpc) is 3.05. The van der Waals surface area contributed by atoms with Crippen LogP contribution in [0, 0.1) is 23.7 Å². The summed E-state index contributed by atoms with van der Waals surface area (Å²) in [6, 6.07) is 0.0685. The Labute approximate surface area is 140 Å². The molecule has 2 N–H and O–H groups in total. The van der Waals surface area contributed by atoms with Crippen molar-refractivity contribution in [1.82, 2.24) is 5.32 Å². The highest BCUT2D eigenvalue weighted by Crippen LogP contribution is 2.45. The van der Waals surface area contributed by atoms with Crippen molar-refractivity contribution in [2.45, 2.75) is 38.1 Å². The zero-order valence-corrected chi connectivity index (χ0v) is 13.6. The molecule has 0 aromatic carbocycles. The van der Waals surface area contributed by atoms with E-state index in [0.29, 0.717) is 36.4 Å². The minimum atomic E-state index is -0.724. The lowest BCUT2D eigenvalue weighted by atomic mass is 9.69. The number of carbonyl (C=O) groups is 1. The van der Waals surface area contributed by atoms with Crippen LogP contribution in [0.5, 0.6) is 0 Å². The van der Waals surface area contributed by atoms with Crippen LogP contribution in [0.25, 0.3) is 0 Å². The van der Waals surface area contributed by atoms with E-state index in [1.807, 2.05) is 6.08 Å². The van der Waals surface area contributed by atoms with Gasteiger partial charge in [-0.1, -0.05) is 18.7 Å². The Hall–Kier alpha value is -1.91. The largest absolute Gasteiger partial charge is 0.481 e. The number of carboxylic acids is 1. The summed E-state index contributed by atoms with van der Waals surface area (Å²) >= 11 is 0. The van der Waals surface area contributed by atoms with E-state index in [1.54, 1.807) is 0 Å². The Balaban J connectivity index is 1.83. The molecule has 3 nitrogen and oxygen atoms in total. The molecular formula is C19H23F2NO2. The van der Waals surface area contributed by atoms with Crippen LogP contribution in [-0.2, 0) is 4.79 Å². The van der Waals surface area contributed by atoms with Crippen molar-refractivity contribution in [1.29, 1.82) is 0 Å². The van der Waals surface area contributed by atoms with Crippen LogP contribution < -0.4 is 5.32 Å². The van der Waals surface area contributed by atoms with Gasteiger partial charge in [-0.25, -0.2) is 8.78 Å². The zero-order valence-electron chi connectivity index (χ0n) is 13.6. The summed E-state index contributed by atoms with van der Waals surface area (Å²) in [6.07, 6.45) is 9.70. The summed E-state index contributed by atoms with van der Waals surface area (Å²) in [5.74, 6) is -1.02. The van der Waals surface area contributed by atoms with Gasteiger partial charge in [0, 0.05) is 12.0 Å². The van der Waals surface area contributed by atoms with Gasteiger partial charge in [-0.15, -0.1) is 0 Å². The van der Waals surface area contributed by atoms with E-state index in [4.69, 9.17) is 5.11 Å². The third-order valence-electron chi connectivity index (χ3n) is 5.78. The Morgan fingerprint density at radius 1 is 1.33 bits per heavy atom. The molecule has 3 rings (SSSR count). The van der Waals surface area contributed by atoms with E-state index in [0.717, 1.165) is 19.3 Å². The normalized spacial score (nSPS) is 35.8. The minimum absolute atomic E-state index is 0.0112. The van der Waals surface area contributed by atoms with Gasteiger partial charge < -0.3 is 10.4 Å². The number of allylic oxidation sites excluding steroid dienone is 5. The maximum absolute atomic E-state index is 14.0. The molecule has 24 heavy (non-hydrogen) atoms. The van der Waals surface area contributed by atoms with Crippen LogP contribution in [0.4, 0.5) is 8.78 Å². The Morgan fingerprint density at radius 3 is 2.62 bits per heavy atom. The molecule has 1 saturated carbocycles. The molecule has 0 aromatic heterocycles. The highest BCUT2D eigenvalue weighted by Gasteiger charge is 2.43. The second-order valence-electron chi connectivity index (χ2n) is 7.00. The Morgan fingerprint density at radius 2 is 2.04 bits per heavy atom. The van der Waals surface area contributed by atoms with Gasteiger partial charge in [0.15, 0.2) is 0 Å². The van der Waals surface area contributed by atoms with Gasteiger partial charge in [0.1, 0.15) is 5.83 Å². The van der Waals surface area contributed by atoms with E-state index in [2.05, 4.69) is 18.0 Å². The topological polar surface area (TPSA) is 49.3 Å². The van der Waals surface area contributed by atoms with Crippen LogP contribution in [0.2, 0.25) is 0 Å². The fraction of sp³-hybridized carbons (Fsp3) is 0.526. The van der Waals surface area contributed by atoms with E-state index >= 15 is 0 Å². The van der Waals surface area contributed by atoms with Crippen molar-refractivity contribution in [2.75, 3.05) is 0 Å². The highest BCUT2D eigenvalue weighted by atomic mass is 19.1. The molecule has 3 aliphatic rings. The number of carboxylic acid groups (broad SMARTS) is 1. The minimum Gasteiger partial charge on any atom is -0.481 e. The number of rotatable bonds is 4. The van der Waals surface area contributed by atoms with Crippen molar-refractivity contribution in [3.05, 3.63) is 48.2 Å². The average molecular weight is 335 g/mol. The zero-order chi connectivity index (χ0) is 17.3. The summed E-state index contributed by atoms with van der Waals surface area (Å²) in [5, 5.41) is 12.4. The molecule has 0 radical (unpaired) electrons. The second-order valence-corrected chi connectivity index (χ2v) is 7.00. The van der Waals surface area contributed by atoms with Gasteiger partial charge in [-0.3, -0.25) is 4.79 Å². The molecule has 3 atom stereocenters. The molecule has 0 spiro atoms. The fourth-order valence-electron chi connectivity index (χ4n) is 4.59. The van der Waals surface area contributed by atoms with E-state index < -0.39 is 11.8 Å². The maximum Gasteiger partial charge on any atom is 0.306 e. The lowest BCUT2D eigenvalue weighted by molar-refractivity contribution is -0.143. The number of nitrogens with one attached hydrogen (secondary N) is 1. The number of fused-ring (bicyclic) bond motifs is 1. The molecular weight excluding hydrogens is 312 g/mol. The van der Waals surface area contributed by atoms with Gasteiger partial charge in [0.2, 0.25) is 0 Å². The predicted molar refractivity (Wildman–Crippen MR) is 88.3 cm³/mol. The molecule has 1 fully saturated rings. The third kappa shape index (κ3) is 3.04. The molecule has 5 heteroatoms. The Bertz CT molecular complexity index is 615. The third-order valence-corrected chi connectivity index (χ3v) is 5.78. The molecule has 3 unspecified atom stereocenters. The predicted octanol–water partition coefficient (Wildman–Crippen LogP) is 4.26. The van der Waals surface area contributed by atoms with Crippen LogP contribution in [0.15, 0.2) is 48.2 Å². The monoisotopic (exact) mass is 335 g/mol. The molecule has 0 aromatic rings. The smallest absolute Gasteiger partial charge is 0.306 e. The first-order chi connectivity index (χ1) is 11.5. The first-order valence-corrected chi connectivity index (χ1v) is 8.54. The van der Waals surface area contributed by atoms with Crippen LogP contribution in [-0.4, -0.2) is 17.1 Å². The number of hydrogen-bond acceptors (Lipinski definition) is 2. The van der Waals surface area contributed by atoms with Crippen molar-refractivity contribution in [2.24, 2.45) is 23.7 Å². The first-order valence-electron chi connectivity index (χ1n) is 8.54. The van der Waals surface area contributed by atoms with E-state index in [-0.39, 0.29) is 23.8 Å². The SMILES string of the molecule is C=C(F)C1=C(/C=C/F)C2C=CCC2C(C2CCC(C(=O)O)CC2)N1. The van der Waals surface area contributed by atoms with Crippen molar-refractivity contribution in [3.63, 3.8) is 0 Å². The van der Waals surface area contributed by atoms with Gasteiger partial charge in [0.05, 0.1) is 17.9 Å². The van der Waals surface area contributed by atoms with Gasteiger partial charge >= 0.3 is 5.97 Å². The van der Waals surface area contributed by atoms with Crippen molar-refractivity contribution in [3.8, 4) is 0 Å². The second kappa shape index (κ2) is 6.91. The first kappa shape index (κ1) is 16.9. The summed E-state index contributed by atoms with van der Waals surface area (Å²) < 4.78 is 26.7. The van der Waals surface area contributed by atoms with Crippen molar-refractivity contribution < 1.29 is 18.7 Å². The van der Waals surface area contributed by atoms with Gasteiger partial charge in [-0.05, 0) is 55.6 Å². The summed E-state index contributed by atoms with van der Waals surface area (Å²) in [6.45, 7) is 3.40. The lowest BCUT2D eigenvalue weighted by Crippen LogP contribution is -2.49. The van der Waals surface area contributed by atoms with Gasteiger partial charge in [0.25, 0.3) is 0 Å². The Kier molecular flexibility index (Phi) is 4.88. The number of hydrogen-bond donors (Lipinski definition) is 2. The van der Waals surface area contributed by atoms with E-state index in [9.17, 15) is 13.6 Å². The van der Waals surface area contributed by atoms with Crippen LogP contribution in [0.3, 0.4) is 0 Å². The fourth-order valence-corrected chi connectivity index (χ4v) is 4.59. The molecule has 2 aliphatic carbocycles. The van der Waals surface area contributed by atoms with Crippen molar-refractivity contribution >= 4 is 5.97 Å². The standard InChI is InChI=1S/C19H23F2NO2/c1-11(21)17-16(9-10-20)14-3-2-4-15(14)18(22-17)12-5-7-13(8-6-12)19(23)24/h2-3,9-10,12-15,18,22H,1,4-8H2,(H,23,24)/b10-9+. The maximum atomic E-state index is 14.0. The number of halogens is 2.